The minimum Gasteiger partial charge on any atom is -0.489 e. The van der Waals surface area contributed by atoms with Gasteiger partial charge < -0.3 is 10.1 Å². The van der Waals surface area contributed by atoms with E-state index in [4.69, 9.17) is 27.9 Å². The molecule has 2 aromatic rings. The van der Waals surface area contributed by atoms with Crippen LogP contribution in [0.25, 0.3) is 0 Å². The Labute approximate surface area is 136 Å². The highest BCUT2D eigenvalue weighted by Gasteiger charge is 2.06. The van der Waals surface area contributed by atoms with Crippen molar-refractivity contribution in [1.29, 1.82) is 0 Å². The van der Waals surface area contributed by atoms with Gasteiger partial charge in [0, 0.05) is 28.2 Å². The zero-order chi connectivity index (χ0) is 15.2. The lowest BCUT2D eigenvalue weighted by Gasteiger charge is -2.11. The minimum absolute atomic E-state index is 0.363. The maximum absolute atomic E-state index is 6.12. The SMILES string of the molecule is CC(C)NCc1ccc(OCc2c(Cl)cccc2Cl)cc1. The van der Waals surface area contributed by atoms with Gasteiger partial charge in [0.15, 0.2) is 0 Å². The van der Waals surface area contributed by atoms with Crippen molar-refractivity contribution in [2.75, 3.05) is 0 Å². The highest BCUT2D eigenvalue weighted by Crippen LogP contribution is 2.25. The van der Waals surface area contributed by atoms with Crippen molar-refractivity contribution in [3.63, 3.8) is 0 Å². The first-order valence-corrected chi connectivity index (χ1v) is 7.70. The predicted molar refractivity (Wildman–Crippen MR) is 89.2 cm³/mol. The van der Waals surface area contributed by atoms with Gasteiger partial charge in [-0.3, -0.25) is 0 Å². The van der Waals surface area contributed by atoms with Gasteiger partial charge in [-0.05, 0) is 29.8 Å². The van der Waals surface area contributed by atoms with Crippen molar-refractivity contribution < 1.29 is 4.74 Å². The fourth-order valence-electron chi connectivity index (χ4n) is 1.85. The predicted octanol–water partition coefficient (Wildman–Crippen LogP) is 5.07. The van der Waals surface area contributed by atoms with E-state index in [0.29, 0.717) is 22.7 Å². The lowest BCUT2D eigenvalue weighted by Crippen LogP contribution is -2.21. The Morgan fingerprint density at radius 1 is 1.00 bits per heavy atom. The van der Waals surface area contributed by atoms with Crippen LogP contribution in [0.2, 0.25) is 10.0 Å². The van der Waals surface area contributed by atoms with Crippen LogP contribution in [-0.4, -0.2) is 6.04 Å². The molecule has 2 nitrogen and oxygen atoms in total. The fraction of sp³-hybridized carbons (Fsp3) is 0.294. The van der Waals surface area contributed by atoms with E-state index >= 15 is 0 Å². The molecule has 0 amide bonds. The molecule has 0 aromatic heterocycles. The van der Waals surface area contributed by atoms with E-state index in [1.165, 1.54) is 5.56 Å². The van der Waals surface area contributed by atoms with Gasteiger partial charge in [-0.1, -0.05) is 55.2 Å². The maximum atomic E-state index is 6.12. The summed E-state index contributed by atoms with van der Waals surface area (Å²) in [7, 11) is 0. The average molecular weight is 324 g/mol. The number of benzene rings is 2. The Morgan fingerprint density at radius 3 is 2.19 bits per heavy atom. The molecule has 0 bridgehead atoms. The third-order valence-corrected chi connectivity index (χ3v) is 3.79. The summed E-state index contributed by atoms with van der Waals surface area (Å²) >= 11 is 12.2. The molecule has 0 aliphatic rings. The van der Waals surface area contributed by atoms with E-state index < -0.39 is 0 Å². The molecule has 0 saturated heterocycles. The quantitative estimate of drug-likeness (QED) is 0.801. The summed E-state index contributed by atoms with van der Waals surface area (Å²) in [6.45, 7) is 5.48. The molecule has 0 spiro atoms. The van der Waals surface area contributed by atoms with E-state index in [1.54, 1.807) is 0 Å². The van der Waals surface area contributed by atoms with Crippen molar-refractivity contribution in [2.24, 2.45) is 0 Å². The zero-order valence-corrected chi connectivity index (χ0v) is 13.7. The third kappa shape index (κ3) is 4.92. The number of halogens is 2. The van der Waals surface area contributed by atoms with Crippen molar-refractivity contribution >= 4 is 23.2 Å². The molecule has 4 heteroatoms. The van der Waals surface area contributed by atoms with E-state index in [9.17, 15) is 0 Å². The Hall–Kier alpha value is -1.22. The number of hydrogen-bond donors (Lipinski definition) is 1. The average Bonchev–Trinajstić information content (AvgIpc) is 2.46. The molecule has 0 unspecified atom stereocenters. The number of rotatable bonds is 6. The van der Waals surface area contributed by atoms with Gasteiger partial charge in [-0.25, -0.2) is 0 Å². The minimum atomic E-state index is 0.363. The molecule has 0 saturated carbocycles. The molecule has 1 N–H and O–H groups in total. The summed E-state index contributed by atoms with van der Waals surface area (Å²) in [5.74, 6) is 0.805. The van der Waals surface area contributed by atoms with Crippen LogP contribution in [0.4, 0.5) is 0 Å². The van der Waals surface area contributed by atoms with E-state index in [0.717, 1.165) is 17.9 Å². The Bertz CT molecular complexity index is 562. The Morgan fingerprint density at radius 2 is 1.62 bits per heavy atom. The van der Waals surface area contributed by atoms with E-state index in [1.807, 2.05) is 30.3 Å². The Kier molecular flexibility index (Phi) is 5.92. The molecule has 21 heavy (non-hydrogen) atoms. The number of ether oxygens (including phenoxy) is 1. The molecule has 0 aliphatic heterocycles. The van der Waals surface area contributed by atoms with Crippen LogP contribution in [0.3, 0.4) is 0 Å². The van der Waals surface area contributed by atoms with Gasteiger partial charge in [0.1, 0.15) is 12.4 Å². The number of hydrogen-bond acceptors (Lipinski definition) is 2. The summed E-state index contributed by atoms with van der Waals surface area (Å²) in [4.78, 5) is 0. The summed E-state index contributed by atoms with van der Waals surface area (Å²) in [5, 5.41) is 4.63. The maximum Gasteiger partial charge on any atom is 0.119 e. The van der Waals surface area contributed by atoms with Gasteiger partial charge in [-0.15, -0.1) is 0 Å². The molecule has 112 valence electrons. The molecule has 0 aliphatic carbocycles. The highest BCUT2D eigenvalue weighted by molar-refractivity contribution is 6.35. The largest absolute Gasteiger partial charge is 0.489 e. The van der Waals surface area contributed by atoms with Gasteiger partial charge in [0.2, 0.25) is 0 Å². The second kappa shape index (κ2) is 7.69. The van der Waals surface area contributed by atoms with Crippen LogP contribution in [0.5, 0.6) is 5.75 Å². The summed E-state index contributed by atoms with van der Waals surface area (Å²) in [5.41, 5.74) is 2.04. The normalized spacial score (nSPS) is 10.9. The molecule has 0 radical (unpaired) electrons. The summed E-state index contributed by atoms with van der Waals surface area (Å²) in [6.07, 6.45) is 0. The Balaban J connectivity index is 1.95. The van der Waals surface area contributed by atoms with Crippen LogP contribution in [0, 0.1) is 0 Å². The van der Waals surface area contributed by atoms with Crippen molar-refractivity contribution in [3.05, 3.63) is 63.6 Å². The van der Waals surface area contributed by atoms with Gasteiger partial charge in [0.05, 0.1) is 0 Å². The van der Waals surface area contributed by atoms with Crippen molar-refractivity contribution in [1.82, 2.24) is 5.32 Å². The summed E-state index contributed by atoms with van der Waals surface area (Å²) < 4.78 is 5.75. The standard InChI is InChI=1S/C17H19Cl2NO/c1-12(2)20-10-13-6-8-14(9-7-13)21-11-15-16(18)4-3-5-17(15)19/h3-9,12,20H,10-11H2,1-2H3. The molecular weight excluding hydrogens is 305 g/mol. The molecule has 2 rings (SSSR count). The zero-order valence-electron chi connectivity index (χ0n) is 12.2. The van der Waals surface area contributed by atoms with Crippen molar-refractivity contribution in [2.45, 2.75) is 33.0 Å². The topological polar surface area (TPSA) is 21.3 Å². The first-order valence-electron chi connectivity index (χ1n) is 6.94. The first kappa shape index (κ1) is 16.2. The van der Waals surface area contributed by atoms with Crippen LogP contribution >= 0.6 is 23.2 Å². The molecular formula is C17H19Cl2NO. The van der Waals surface area contributed by atoms with E-state index in [-0.39, 0.29) is 0 Å². The van der Waals surface area contributed by atoms with Gasteiger partial charge in [-0.2, -0.15) is 0 Å². The smallest absolute Gasteiger partial charge is 0.119 e. The molecule has 2 aromatic carbocycles. The fourth-order valence-corrected chi connectivity index (χ4v) is 2.36. The highest BCUT2D eigenvalue weighted by atomic mass is 35.5. The van der Waals surface area contributed by atoms with E-state index in [2.05, 4.69) is 31.3 Å². The second-order valence-corrected chi connectivity index (χ2v) is 5.98. The number of nitrogens with one attached hydrogen (secondary N) is 1. The lowest BCUT2D eigenvalue weighted by atomic mass is 10.2. The molecule has 0 atom stereocenters. The second-order valence-electron chi connectivity index (χ2n) is 5.17. The monoisotopic (exact) mass is 323 g/mol. The molecule has 0 fully saturated rings. The first-order chi connectivity index (χ1) is 10.1. The van der Waals surface area contributed by atoms with Crippen LogP contribution in [0.15, 0.2) is 42.5 Å². The van der Waals surface area contributed by atoms with Crippen molar-refractivity contribution in [3.8, 4) is 5.75 Å². The van der Waals surface area contributed by atoms with Crippen LogP contribution < -0.4 is 10.1 Å². The van der Waals surface area contributed by atoms with Crippen LogP contribution in [-0.2, 0) is 13.2 Å². The molecule has 0 heterocycles. The lowest BCUT2D eigenvalue weighted by molar-refractivity contribution is 0.306. The van der Waals surface area contributed by atoms with Gasteiger partial charge >= 0.3 is 0 Å². The summed E-state index contributed by atoms with van der Waals surface area (Å²) in [6, 6.07) is 14.0. The van der Waals surface area contributed by atoms with Crippen LogP contribution in [0.1, 0.15) is 25.0 Å². The third-order valence-electron chi connectivity index (χ3n) is 3.08. The van der Waals surface area contributed by atoms with Gasteiger partial charge in [0.25, 0.3) is 0 Å².